The highest BCUT2D eigenvalue weighted by molar-refractivity contribution is 9.10. The molecule has 2 heterocycles. The first-order chi connectivity index (χ1) is 15.4. The van der Waals surface area contributed by atoms with E-state index in [-0.39, 0.29) is 11.7 Å². The number of nitrogens with one attached hydrogen (secondary N) is 1. The predicted octanol–water partition coefficient (Wildman–Crippen LogP) is 5.06. The van der Waals surface area contributed by atoms with Crippen molar-refractivity contribution in [2.75, 3.05) is 21.3 Å². The smallest absolute Gasteiger partial charge is 0.336 e. The van der Waals surface area contributed by atoms with Crippen LogP contribution < -0.4 is 14.8 Å². The topological polar surface area (TPSA) is 73.9 Å². The van der Waals surface area contributed by atoms with Gasteiger partial charge in [-0.25, -0.2) is 4.79 Å². The predicted molar refractivity (Wildman–Crippen MR) is 126 cm³/mol. The number of methoxy groups -OCH3 is 3. The molecular formula is C24H24BrNO5S. The van der Waals surface area contributed by atoms with E-state index in [1.807, 2.05) is 24.4 Å². The van der Waals surface area contributed by atoms with Crippen LogP contribution in [0.25, 0.3) is 0 Å². The van der Waals surface area contributed by atoms with Crippen LogP contribution in [-0.4, -0.2) is 33.1 Å². The molecule has 4 rings (SSSR count). The van der Waals surface area contributed by atoms with Gasteiger partial charge in [0.1, 0.15) is 0 Å². The Morgan fingerprint density at radius 3 is 2.50 bits per heavy atom. The lowest BCUT2D eigenvalue weighted by molar-refractivity contribution is -0.136. The molecule has 0 amide bonds. The zero-order chi connectivity index (χ0) is 23.0. The van der Waals surface area contributed by atoms with Crippen LogP contribution >= 0.6 is 27.3 Å². The second-order valence-electron chi connectivity index (χ2n) is 7.75. The number of carbonyl (C=O) groups is 2. The molecule has 6 nitrogen and oxygen atoms in total. The SMILES string of the molecule is COC(=O)C1=C(C)NC2=C(C(=O)C[C@@H](c3cccs3)C2)[C@H]1c1cc(OC)c(OC)cc1Br. The van der Waals surface area contributed by atoms with Crippen molar-refractivity contribution >= 4 is 39.0 Å². The molecule has 1 aromatic carbocycles. The van der Waals surface area contributed by atoms with Crippen LogP contribution in [0, 0.1) is 0 Å². The van der Waals surface area contributed by atoms with Crippen LogP contribution in [0.2, 0.25) is 0 Å². The largest absolute Gasteiger partial charge is 0.493 e. The third-order valence-electron chi connectivity index (χ3n) is 5.99. The number of esters is 1. The Morgan fingerprint density at radius 1 is 1.16 bits per heavy atom. The van der Waals surface area contributed by atoms with Crippen LogP contribution in [0.3, 0.4) is 0 Å². The Hall–Kier alpha value is -2.58. The Labute approximate surface area is 199 Å². The summed E-state index contributed by atoms with van der Waals surface area (Å²) in [5.41, 5.74) is 3.32. The molecule has 2 aliphatic rings. The highest BCUT2D eigenvalue weighted by atomic mass is 79.9. The zero-order valence-corrected chi connectivity index (χ0v) is 20.7. The molecule has 0 radical (unpaired) electrons. The standard InChI is InChI=1S/C24H24BrNO5S/c1-12-21(24(28)31-4)22(14-10-18(29-2)19(30-3)11-15(14)25)23-16(26-12)8-13(9-17(23)27)20-6-5-7-32-20/h5-7,10-11,13,22,26H,8-9H2,1-4H3/t13-,22-/m0/s1. The molecule has 0 fully saturated rings. The van der Waals surface area contributed by atoms with Crippen molar-refractivity contribution < 1.29 is 23.8 Å². The van der Waals surface area contributed by atoms with Crippen molar-refractivity contribution in [1.82, 2.24) is 5.32 Å². The van der Waals surface area contributed by atoms with Crippen molar-refractivity contribution in [2.24, 2.45) is 0 Å². The summed E-state index contributed by atoms with van der Waals surface area (Å²) in [6.45, 7) is 1.84. The van der Waals surface area contributed by atoms with E-state index in [0.29, 0.717) is 41.2 Å². The van der Waals surface area contributed by atoms with Crippen LogP contribution in [0.5, 0.6) is 11.5 Å². The monoisotopic (exact) mass is 517 g/mol. The second-order valence-corrected chi connectivity index (χ2v) is 9.59. The molecule has 0 saturated carbocycles. The first-order valence-electron chi connectivity index (χ1n) is 10.2. The summed E-state index contributed by atoms with van der Waals surface area (Å²) in [5.74, 6) is 0.173. The number of halogens is 1. The van der Waals surface area contributed by atoms with Gasteiger partial charge in [-0.1, -0.05) is 22.0 Å². The molecule has 0 spiro atoms. The molecule has 0 bridgehead atoms. The van der Waals surface area contributed by atoms with E-state index < -0.39 is 11.9 Å². The Balaban J connectivity index is 1.89. The van der Waals surface area contributed by atoms with E-state index in [9.17, 15) is 9.59 Å². The minimum absolute atomic E-state index is 0.0257. The van der Waals surface area contributed by atoms with Crippen molar-refractivity contribution in [1.29, 1.82) is 0 Å². The van der Waals surface area contributed by atoms with Crippen LogP contribution in [0.4, 0.5) is 0 Å². The van der Waals surface area contributed by atoms with E-state index in [2.05, 4.69) is 27.3 Å². The van der Waals surface area contributed by atoms with Gasteiger partial charge < -0.3 is 19.5 Å². The molecule has 0 unspecified atom stereocenters. The van der Waals surface area contributed by atoms with Gasteiger partial charge in [0.15, 0.2) is 17.3 Å². The maximum Gasteiger partial charge on any atom is 0.336 e. The summed E-state index contributed by atoms with van der Waals surface area (Å²) in [6.07, 6.45) is 1.10. The maximum absolute atomic E-state index is 13.5. The number of benzene rings is 1. The quantitative estimate of drug-likeness (QED) is 0.558. The lowest BCUT2D eigenvalue weighted by Gasteiger charge is -2.36. The number of hydrogen-bond donors (Lipinski definition) is 1. The summed E-state index contributed by atoms with van der Waals surface area (Å²) in [7, 11) is 4.47. The molecule has 0 saturated heterocycles. The van der Waals surface area contributed by atoms with E-state index in [4.69, 9.17) is 14.2 Å². The Morgan fingerprint density at radius 2 is 1.88 bits per heavy atom. The number of thiophene rings is 1. The molecule has 1 aromatic heterocycles. The average Bonchev–Trinajstić information content (AvgIpc) is 3.32. The van der Waals surface area contributed by atoms with Gasteiger partial charge in [-0.15, -0.1) is 11.3 Å². The van der Waals surface area contributed by atoms with E-state index in [1.54, 1.807) is 31.6 Å². The first-order valence-corrected chi connectivity index (χ1v) is 11.8. The van der Waals surface area contributed by atoms with Gasteiger partial charge in [-0.2, -0.15) is 0 Å². The molecule has 1 aliphatic carbocycles. The molecule has 2 atom stereocenters. The summed E-state index contributed by atoms with van der Waals surface area (Å²) in [5, 5.41) is 5.38. The van der Waals surface area contributed by atoms with Gasteiger partial charge >= 0.3 is 5.97 Å². The molecule has 1 N–H and O–H groups in total. The van der Waals surface area contributed by atoms with Gasteiger partial charge in [0, 0.05) is 44.6 Å². The number of dihydropyridines is 1. The molecule has 32 heavy (non-hydrogen) atoms. The fourth-order valence-electron chi connectivity index (χ4n) is 4.55. The number of Topliss-reactive ketones (excluding diaryl/α,β-unsaturated/α-hetero) is 1. The fourth-order valence-corrected chi connectivity index (χ4v) is 5.93. The lowest BCUT2D eigenvalue weighted by Crippen LogP contribution is -2.36. The highest BCUT2D eigenvalue weighted by Crippen LogP contribution is 2.49. The number of rotatable bonds is 5. The lowest BCUT2D eigenvalue weighted by atomic mass is 9.72. The van der Waals surface area contributed by atoms with Crippen molar-refractivity contribution in [3.63, 3.8) is 0 Å². The van der Waals surface area contributed by atoms with Crippen molar-refractivity contribution in [2.45, 2.75) is 31.6 Å². The zero-order valence-electron chi connectivity index (χ0n) is 18.3. The number of carbonyl (C=O) groups excluding carboxylic acids is 2. The van der Waals surface area contributed by atoms with Gasteiger partial charge in [0.25, 0.3) is 0 Å². The summed E-state index contributed by atoms with van der Waals surface area (Å²) < 4.78 is 16.7. The van der Waals surface area contributed by atoms with Gasteiger partial charge in [-0.3, -0.25) is 4.79 Å². The Kier molecular flexibility index (Phi) is 6.44. The number of ether oxygens (including phenoxy) is 3. The van der Waals surface area contributed by atoms with E-state index in [1.165, 1.54) is 12.0 Å². The highest BCUT2D eigenvalue weighted by Gasteiger charge is 2.42. The molecule has 2 aromatic rings. The number of allylic oxidation sites excluding steroid dienone is 3. The number of hydrogen-bond acceptors (Lipinski definition) is 7. The third kappa shape index (κ3) is 3.86. The van der Waals surface area contributed by atoms with Crippen LogP contribution in [-0.2, 0) is 14.3 Å². The number of ketones is 1. The third-order valence-corrected chi connectivity index (χ3v) is 7.71. The molecule has 168 valence electrons. The van der Waals surface area contributed by atoms with Gasteiger partial charge in [0.2, 0.25) is 0 Å². The average molecular weight is 518 g/mol. The Bertz CT molecular complexity index is 1140. The summed E-state index contributed by atoms with van der Waals surface area (Å²) >= 11 is 5.29. The molecule has 1 aliphatic heterocycles. The van der Waals surface area contributed by atoms with E-state index >= 15 is 0 Å². The minimum atomic E-state index is -0.579. The van der Waals surface area contributed by atoms with Crippen LogP contribution in [0.15, 0.2) is 56.7 Å². The van der Waals surface area contributed by atoms with Crippen molar-refractivity contribution in [3.05, 3.63) is 67.1 Å². The second kappa shape index (κ2) is 9.11. The van der Waals surface area contributed by atoms with Gasteiger partial charge in [0.05, 0.1) is 26.9 Å². The summed E-state index contributed by atoms with van der Waals surface area (Å²) in [6, 6.07) is 7.69. The van der Waals surface area contributed by atoms with Crippen molar-refractivity contribution in [3.8, 4) is 11.5 Å². The normalized spacial score (nSPS) is 20.6. The fraction of sp³-hybridized carbons (Fsp3) is 0.333. The maximum atomic E-state index is 13.5. The molecule has 8 heteroatoms. The summed E-state index contributed by atoms with van der Waals surface area (Å²) in [4.78, 5) is 27.6. The van der Waals surface area contributed by atoms with E-state index in [0.717, 1.165) is 15.7 Å². The first kappa shape index (κ1) is 22.6. The molecular weight excluding hydrogens is 494 g/mol. The van der Waals surface area contributed by atoms with Crippen LogP contribution in [0.1, 0.15) is 42.0 Å². The van der Waals surface area contributed by atoms with Gasteiger partial charge in [-0.05, 0) is 42.5 Å². The minimum Gasteiger partial charge on any atom is -0.493 e.